The highest BCUT2D eigenvalue weighted by molar-refractivity contribution is 5.96. The highest BCUT2D eigenvalue weighted by atomic mass is 16.5. The highest BCUT2D eigenvalue weighted by Gasteiger charge is 2.37. The first-order valence-corrected chi connectivity index (χ1v) is 7.60. The minimum absolute atomic E-state index is 0.107. The summed E-state index contributed by atoms with van der Waals surface area (Å²) in [5.74, 6) is 0.107. The molecule has 0 bridgehead atoms. The zero-order valence-electron chi connectivity index (χ0n) is 13.3. The van der Waals surface area contributed by atoms with Gasteiger partial charge in [0.05, 0.1) is 30.0 Å². The van der Waals surface area contributed by atoms with Crippen LogP contribution in [0.15, 0.2) is 0 Å². The summed E-state index contributed by atoms with van der Waals surface area (Å²) in [5, 5.41) is 4.36. The number of likely N-dealkylation sites (N-methyl/N-ethyl adjacent to an activating group) is 1. The monoisotopic (exact) mass is 292 g/mol. The molecule has 6 nitrogen and oxygen atoms in total. The third kappa shape index (κ3) is 2.46. The van der Waals surface area contributed by atoms with Crippen molar-refractivity contribution in [3.05, 3.63) is 17.0 Å². The van der Waals surface area contributed by atoms with Gasteiger partial charge in [-0.05, 0) is 27.3 Å². The molecule has 0 saturated carbocycles. The molecule has 2 saturated heterocycles. The fourth-order valence-electron chi connectivity index (χ4n) is 3.47. The smallest absolute Gasteiger partial charge is 0.257 e. The molecule has 1 aromatic heterocycles. The van der Waals surface area contributed by atoms with Gasteiger partial charge in [0.15, 0.2) is 0 Å². The van der Waals surface area contributed by atoms with Gasteiger partial charge in [-0.2, -0.15) is 5.10 Å². The van der Waals surface area contributed by atoms with Gasteiger partial charge in [0.1, 0.15) is 0 Å². The number of nitrogens with zero attached hydrogens (tertiary/aromatic N) is 4. The van der Waals surface area contributed by atoms with Crippen LogP contribution in [0, 0.1) is 13.8 Å². The number of aryl methyl sites for hydroxylation is 2. The Morgan fingerprint density at radius 3 is 2.71 bits per heavy atom. The van der Waals surface area contributed by atoms with Crippen LogP contribution in [0.2, 0.25) is 0 Å². The van der Waals surface area contributed by atoms with E-state index >= 15 is 0 Å². The van der Waals surface area contributed by atoms with E-state index in [0.29, 0.717) is 6.04 Å². The fraction of sp³-hybridized carbons (Fsp3) is 0.733. The number of aromatic nitrogens is 2. The zero-order chi connectivity index (χ0) is 15.1. The highest BCUT2D eigenvalue weighted by Crippen LogP contribution is 2.24. The van der Waals surface area contributed by atoms with Gasteiger partial charge in [-0.3, -0.25) is 14.4 Å². The lowest BCUT2D eigenvalue weighted by atomic mass is 9.98. The van der Waals surface area contributed by atoms with E-state index in [1.165, 1.54) is 0 Å². The van der Waals surface area contributed by atoms with E-state index < -0.39 is 0 Å². The number of fused-ring (bicyclic) bond motifs is 1. The van der Waals surface area contributed by atoms with Crippen molar-refractivity contribution < 1.29 is 9.53 Å². The number of amides is 1. The maximum Gasteiger partial charge on any atom is 0.257 e. The van der Waals surface area contributed by atoms with Gasteiger partial charge < -0.3 is 9.64 Å². The Bertz CT molecular complexity index is 554. The van der Waals surface area contributed by atoms with Crippen LogP contribution in [0.1, 0.15) is 28.2 Å². The van der Waals surface area contributed by atoms with Gasteiger partial charge in [-0.15, -0.1) is 0 Å². The van der Waals surface area contributed by atoms with E-state index in [2.05, 4.69) is 17.0 Å². The molecule has 0 N–H and O–H groups in total. The maximum absolute atomic E-state index is 12.8. The van der Waals surface area contributed by atoms with Crippen molar-refractivity contribution in [3.63, 3.8) is 0 Å². The number of piperidine rings is 1. The first kappa shape index (κ1) is 14.5. The van der Waals surface area contributed by atoms with Crippen molar-refractivity contribution in [1.82, 2.24) is 19.6 Å². The van der Waals surface area contributed by atoms with Gasteiger partial charge in [0, 0.05) is 32.4 Å². The second-order valence-corrected chi connectivity index (χ2v) is 6.17. The lowest BCUT2D eigenvalue weighted by Crippen LogP contribution is -2.59. The Balaban J connectivity index is 1.79. The van der Waals surface area contributed by atoms with Gasteiger partial charge in [0.2, 0.25) is 0 Å². The average Bonchev–Trinajstić information content (AvgIpc) is 2.71. The van der Waals surface area contributed by atoms with Crippen LogP contribution in [-0.2, 0) is 11.8 Å². The molecule has 1 amide bonds. The van der Waals surface area contributed by atoms with Crippen LogP contribution in [0.5, 0.6) is 0 Å². The molecular weight excluding hydrogens is 268 g/mol. The van der Waals surface area contributed by atoms with Crippen molar-refractivity contribution in [2.45, 2.75) is 32.4 Å². The van der Waals surface area contributed by atoms with Gasteiger partial charge in [0.25, 0.3) is 5.91 Å². The minimum Gasteiger partial charge on any atom is -0.375 e. The SMILES string of the molecule is Cc1nn(C)c(C)c1C(=O)N1CC[C@@H]2OCCN(C)[C@H]2C1. The summed E-state index contributed by atoms with van der Waals surface area (Å²) in [6.45, 7) is 7.11. The number of hydrogen-bond acceptors (Lipinski definition) is 4. The first-order valence-electron chi connectivity index (χ1n) is 7.60. The quantitative estimate of drug-likeness (QED) is 0.760. The van der Waals surface area contributed by atoms with E-state index in [4.69, 9.17) is 4.74 Å². The first-order chi connectivity index (χ1) is 9.99. The standard InChI is InChI=1S/C15H24N4O2/c1-10-14(11(2)18(4)16-10)15(20)19-6-5-13-12(9-19)17(3)7-8-21-13/h12-13H,5-9H2,1-4H3/t12-,13-/m0/s1. The molecule has 2 aliphatic rings. The van der Waals surface area contributed by atoms with E-state index in [1.54, 1.807) is 4.68 Å². The van der Waals surface area contributed by atoms with Crippen LogP contribution in [-0.4, -0.2) is 70.9 Å². The molecule has 21 heavy (non-hydrogen) atoms. The van der Waals surface area contributed by atoms with Crippen molar-refractivity contribution in [3.8, 4) is 0 Å². The number of ether oxygens (including phenoxy) is 1. The van der Waals surface area contributed by atoms with Crippen LogP contribution < -0.4 is 0 Å². The Hall–Kier alpha value is -1.40. The summed E-state index contributed by atoms with van der Waals surface area (Å²) in [7, 11) is 4.00. The number of carbonyl (C=O) groups excluding carboxylic acids is 1. The Morgan fingerprint density at radius 2 is 2.05 bits per heavy atom. The molecule has 0 spiro atoms. The molecule has 6 heteroatoms. The predicted molar refractivity (Wildman–Crippen MR) is 79.4 cm³/mol. The number of carbonyl (C=O) groups is 1. The summed E-state index contributed by atoms with van der Waals surface area (Å²) in [6, 6.07) is 0.314. The molecule has 3 rings (SSSR count). The van der Waals surface area contributed by atoms with Gasteiger partial charge >= 0.3 is 0 Å². The number of likely N-dealkylation sites (tertiary alicyclic amines) is 1. The number of rotatable bonds is 1. The maximum atomic E-state index is 12.8. The third-order valence-corrected chi connectivity index (χ3v) is 4.87. The molecule has 3 heterocycles. The molecule has 0 radical (unpaired) electrons. The molecule has 116 valence electrons. The van der Waals surface area contributed by atoms with E-state index in [0.717, 1.165) is 49.6 Å². The predicted octanol–water partition coefficient (Wildman–Crippen LogP) is 0.582. The number of hydrogen-bond donors (Lipinski definition) is 0. The van der Waals surface area contributed by atoms with Crippen molar-refractivity contribution in [2.24, 2.45) is 7.05 Å². The summed E-state index contributed by atoms with van der Waals surface area (Å²) in [6.07, 6.45) is 1.18. The van der Waals surface area contributed by atoms with E-state index in [9.17, 15) is 4.79 Å². The Kier molecular flexibility index (Phi) is 3.75. The van der Waals surface area contributed by atoms with Crippen LogP contribution in [0.25, 0.3) is 0 Å². The van der Waals surface area contributed by atoms with Crippen LogP contribution >= 0.6 is 0 Å². The summed E-state index contributed by atoms with van der Waals surface area (Å²) >= 11 is 0. The molecule has 0 aliphatic carbocycles. The Labute approximate surface area is 125 Å². The fourth-order valence-corrected chi connectivity index (χ4v) is 3.47. The van der Waals surface area contributed by atoms with Gasteiger partial charge in [-0.25, -0.2) is 0 Å². The zero-order valence-corrected chi connectivity index (χ0v) is 13.3. The largest absolute Gasteiger partial charge is 0.375 e. The molecule has 1 aromatic rings. The van der Waals surface area contributed by atoms with Crippen LogP contribution in [0.4, 0.5) is 0 Å². The normalized spacial score (nSPS) is 26.8. The topological polar surface area (TPSA) is 50.6 Å². The minimum atomic E-state index is 0.107. The molecule has 0 unspecified atom stereocenters. The second-order valence-electron chi connectivity index (χ2n) is 6.17. The summed E-state index contributed by atoms with van der Waals surface area (Å²) < 4.78 is 7.62. The second kappa shape index (κ2) is 5.42. The third-order valence-electron chi connectivity index (χ3n) is 4.87. The van der Waals surface area contributed by atoms with Gasteiger partial charge in [-0.1, -0.05) is 0 Å². The number of morpholine rings is 1. The molecule has 2 atom stereocenters. The summed E-state index contributed by atoms with van der Waals surface area (Å²) in [5.41, 5.74) is 2.51. The van der Waals surface area contributed by atoms with Crippen molar-refractivity contribution in [2.75, 3.05) is 33.3 Å². The van der Waals surface area contributed by atoms with E-state index in [-0.39, 0.29) is 12.0 Å². The Morgan fingerprint density at radius 1 is 1.29 bits per heavy atom. The molecule has 0 aromatic carbocycles. The summed E-state index contributed by atoms with van der Waals surface area (Å²) in [4.78, 5) is 17.1. The van der Waals surface area contributed by atoms with Crippen molar-refractivity contribution in [1.29, 1.82) is 0 Å². The molecular formula is C15H24N4O2. The molecule has 2 fully saturated rings. The lowest BCUT2D eigenvalue weighted by molar-refractivity contribution is -0.0893. The molecule has 2 aliphatic heterocycles. The van der Waals surface area contributed by atoms with Crippen molar-refractivity contribution >= 4 is 5.91 Å². The van der Waals surface area contributed by atoms with E-state index in [1.807, 2.05) is 25.8 Å². The van der Waals surface area contributed by atoms with Crippen LogP contribution in [0.3, 0.4) is 0 Å². The average molecular weight is 292 g/mol. The lowest BCUT2D eigenvalue weighted by Gasteiger charge is -2.45.